The van der Waals surface area contributed by atoms with E-state index in [0.717, 1.165) is 4.31 Å². The summed E-state index contributed by atoms with van der Waals surface area (Å²) < 4.78 is 40.1. The Bertz CT molecular complexity index is 535. The zero-order chi connectivity index (χ0) is 18.5. The second kappa shape index (κ2) is 8.51. The number of hydrogen-bond acceptors (Lipinski definition) is 7. The van der Waals surface area contributed by atoms with E-state index in [0.29, 0.717) is 0 Å². The number of rotatable bonds is 10. The highest BCUT2D eigenvalue weighted by Gasteiger charge is 2.52. The Morgan fingerprint density at radius 3 is 2.58 bits per heavy atom. The summed E-state index contributed by atoms with van der Waals surface area (Å²) in [7, 11) is -5.67. The number of nitrogens with one attached hydrogen (secondary N) is 1. The van der Waals surface area contributed by atoms with E-state index in [1.807, 2.05) is 0 Å². The lowest BCUT2D eigenvalue weighted by Crippen LogP contribution is -2.56. The molecule has 0 aliphatic carbocycles. The topological polar surface area (TPSA) is 179 Å². The Balaban J connectivity index is 2.87. The molecular weight excluding hydrogens is 346 g/mol. The van der Waals surface area contributed by atoms with Crippen LogP contribution in [0.15, 0.2) is 0 Å². The molecule has 0 aromatic rings. The molecule has 8 N–H and O–H groups in total. The molecule has 3 atom stereocenters. The SMILES string of the molecule is NC[C@H](CF)NS(=O)(=O)N1C[C@H](CCCB(O)O)[C@](N)(C(=O)O)C1. The highest BCUT2D eigenvalue weighted by atomic mass is 32.2. The number of halogens is 1. The van der Waals surface area contributed by atoms with Gasteiger partial charge in [-0.2, -0.15) is 17.4 Å². The molecule has 0 aromatic carbocycles. The number of carboxylic acid groups (broad SMARTS) is 1. The number of nitrogens with zero attached hydrogens (tertiary/aromatic N) is 1. The van der Waals surface area contributed by atoms with Crippen molar-refractivity contribution in [2.45, 2.75) is 30.7 Å². The van der Waals surface area contributed by atoms with Crippen LogP contribution in [0.4, 0.5) is 4.39 Å². The minimum absolute atomic E-state index is 0.0221. The molecule has 1 saturated heterocycles. The van der Waals surface area contributed by atoms with E-state index in [1.54, 1.807) is 0 Å². The van der Waals surface area contributed by atoms with E-state index in [1.165, 1.54) is 0 Å². The number of carboxylic acids is 1. The van der Waals surface area contributed by atoms with Gasteiger partial charge in [-0.15, -0.1) is 0 Å². The summed E-state index contributed by atoms with van der Waals surface area (Å²) in [4.78, 5) is 11.5. The van der Waals surface area contributed by atoms with Crippen molar-refractivity contribution in [3.8, 4) is 0 Å². The monoisotopic (exact) mass is 370 g/mol. The summed E-state index contributed by atoms with van der Waals surface area (Å²) in [6, 6.07) is -1.10. The van der Waals surface area contributed by atoms with E-state index in [2.05, 4.69) is 4.72 Å². The van der Waals surface area contributed by atoms with Gasteiger partial charge in [0.1, 0.15) is 12.2 Å². The summed E-state index contributed by atoms with van der Waals surface area (Å²) >= 11 is 0. The van der Waals surface area contributed by atoms with E-state index >= 15 is 0 Å². The molecule has 1 heterocycles. The highest BCUT2D eigenvalue weighted by molar-refractivity contribution is 7.87. The third kappa shape index (κ3) is 5.08. The maximum Gasteiger partial charge on any atom is 0.451 e. The van der Waals surface area contributed by atoms with Gasteiger partial charge >= 0.3 is 13.1 Å². The maximum absolute atomic E-state index is 12.7. The van der Waals surface area contributed by atoms with Crippen LogP contribution < -0.4 is 16.2 Å². The third-order valence-corrected chi connectivity index (χ3v) is 5.72. The zero-order valence-electron chi connectivity index (χ0n) is 13.1. The molecule has 0 bridgehead atoms. The van der Waals surface area contributed by atoms with Gasteiger partial charge < -0.3 is 26.6 Å². The first kappa shape index (κ1) is 21.2. The van der Waals surface area contributed by atoms with Crippen molar-refractivity contribution in [1.82, 2.24) is 9.03 Å². The van der Waals surface area contributed by atoms with Crippen molar-refractivity contribution >= 4 is 23.3 Å². The molecule has 10 nitrogen and oxygen atoms in total. The summed E-state index contributed by atoms with van der Waals surface area (Å²) in [6.07, 6.45) is 0.496. The molecule has 0 amide bonds. The molecule has 0 spiro atoms. The molecule has 24 heavy (non-hydrogen) atoms. The molecule has 1 rings (SSSR count). The van der Waals surface area contributed by atoms with E-state index in [9.17, 15) is 22.7 Å². The fourth-order valence-electron chi connectivity index (χ4n) is 2.64. The lowest BCUT2D eigenvalue weighted by Gasteiger charge is -2.25. The van der Waals surface area contributed by atoms with Crippen LogP contribution in [0.2, 0.25) is 6.32 Å². The average molecular weight is 370 g/mol. The Hall–Kier alpha value is -0.825. The number of nitrogens with two attached hydrogens (primary N) is 2. The molecule has 0 unspecified atom stereocenters. The summed E-state index contributed by atoms with van der Waals surface area (Å²) in [5, 5.41) is 27.1. The summed E-state index contributed by atoms with van der Waals surface area (Å²) in [6.45, 7) is -1.86. The molecular formula is C11H24BFN4O6S. The van der Waals surface area contributed by atoms with Gasteiger partial charge in [0.25, 0.3) is 10.2 Å². The minimum Gasteiger partial charge on any atom is -0.480 e. The van der Waals surface area contributed by atoms with E-state index < -0.39 is 54.0 Å². The van der Waals surface area contributed by atoms with Crippen LogP contribution in [0, 0.1) is 5.92 Å². The van der Waals surface area contributed by atoms with Crippen LogP contribution >= 0.6 is 0 Å². The number of carbonyl (C=O) groups is 1. The van der Waals surface area contributed by atoms with Crippen LogP contribution in [0.25, 0.3) is 0 Å². The van der Waals surface area contributed by atoms with Crippen LogP contribution in [-0.2, 0) is 15.0 Å². The van der Waals surface area contributed by atoms with Crippen molar-refractivity contribution in [2.24, 2.45) is 17.4 Å². The Kier molecular flexibility index (Phi) is 7.53. The van der Waals surface area contributed by atoms with Crippen molar-refractivity contribution in [1.29, 1.82) is 0 Å². The second-order valence-electron chi connectivity index (χ2n) is 5.96. The molecule has 0 saturated carbocycles. The Morgan fingerprint density at radius 1 is 1.50 bits per heavy atom. The minimum atomic E-state index is -4.14. The second-order valence-corrected chi connectivity index (χ2v) is 7.66. The van der Waals surface area contributed by atoms with Gasteiger partial charge in [0.15, 0.2) is 0 Å². The highest BCUT2D eigenvalue weighted by Crippen LogP contribution is 2.31. The van der Waals surface area contributed by atoms with Crippen molar-refractivity contribution in [2.75, 3.05) is 26.3 Å². The van der Waals surface area contributed by atoms with E-state index in [4.69, 9.17) is 21.5 Å². The van der Waals surface area contributed by atoms with Gasteiger partial charge in [-0.05, 0) is 12.7 Å². The number of alkyl halides is 1. The number of hydrogen-bond donors (Lipinski definition) is 6. The maximum atomic E-state index is 12.7. The summed E-state index contributed by atoms with van der Waals surface area (Å²) in [5.74, 6) is -2.07. The summed E-state index contributed by atoms with van der Waals surface area (Å²) in [5.41, 5.74) is 9.35. The lowest BCUT2D eigenvalue weighted by molar-refractivity contribution is -0.144. The zero-order valence-corrected chi connectivity index (χ0v) is 14.0. The largest absolute Gasteiger partial charge is 0.480 e. The molecule has 0 radical (unpaired) electrons. The molecule has 1 aliphatic heterocycles. The predicted octanol–water partition coefficient (Wildman–Crippen LogP) is -2.92. The molecule has 1 fully saturated rings. The van der Waals surface area contributed by atoms with Crippen LogP contribution in [0.1, 0.15) is 12.8 Å². The van der Waals surface area contributed by atoms with Gasteiger partial charge in [0.2, 0.25) is 0 Å². The smallest absolute Gasteiger partial charge is 0.451 e. The fourth-order valence-corrected chi connectivity index (χ4v) is 4.13. The van der Waals surface area contributed by atoms with Crippen LogP contribution in [0.5, 0.6) is 0 Å². The van der Waals surface area contributed by atoms with Gasteiger partial charge in [0.05, 0.1) is 6.04 Å². The molecule has 0 aromatic heterocycles. The standard InChI is InChI=1S/C11H24BFN4O6S/c13-4-9(5-14)16-24(22,23)17-6-8(2-1-3-12(20)21)11(15,7-17)10(18)19/h8-9,16,20-21H,1-7,14-15H2,(H,18,19)/t8-,9-,11-/m0/s1. The predicted molar refractivity (Wildman–Crippen MR) is 84.7 cm³/mol. The molecule has 140 valence electrons. The van der Waals surface area contributed by atoms with Crippen molar-refractivity contribution < 1.29 is 32.8 Å². The first-order valence-corrected chi connectivity index (χ1v) is 8.92. The normalized spacial score (nSPS) is 26.5. The number of aliphatic carboxylic acids is 1. The quantitative estimate of drug-likeness (QED) is 0.221. The van der Waals surface area contributed by atoms with Crippen molar-refractivity contribution in [3.05, 3.63) is 0 Å². The van der Waals surface area contributed by atoms with Gasteiger partial charge in [-0.1, -0.05) is 6.42 Å². The van der Waals surface area contributed by atoms with E-state index in [-0.39, 0.29) is 32.3 Å². The first-order chi connectivity index (χ1) is 11.1. The Labute approximate surface area is 140 Å². The van der Waals surface area contributed by atoms with Crippen molar-refractivity contribution in [3.63, 3.8) is 0 Å². The van der Waals surface area contributed by atoms with Gasteiger partial charge in [0, 0.05) is 25.6 Å². The van der Waals surface area contributed by atoms with Gasteiger partial charge in [-0.25, -0.2) is 4.39 Å². The lowest BCUT2D eigenvalue weighted by atomic mass is 9.78. The van der Waals surface area contributed by atoms with Crippen LogP contribution in [0.3, 0.4) is 0 Å². The average Bonchev–Trinajstić information content (AvgIpc) is 2.84. The third-order valence-electron chi connectivity index (χ3n) is 4.13. The molecule has 13 heteroatoms. The molecule has 1 aliphatic rings. The van der Waals surface area contributed by atoms with Crippen LogP contribution in [-0.4, -0.2) is 78.9 Å². The Morgan fingerprint density at radius 2 is 2.12 bits per heavy atom. The fraction of sp³-hybridized carbons (Fsp3) is 0.909. The van der Waals surface area contributed by atoms with Gasteiger partial charge in [-0.3, -0.25) is 4.79 Å². The first-order valence-electron chi connectivity index (χ1n) is 7.48.